The zero-order valence-electron chi connectivity index (χ0n) is 15.4. The minimum absolute atomic E-state index is 0. The van der Waals surface area contributed by atoms with Crippen molar-refractivity contribution in [2.24, 2.45) is 10.9 Å². The Balaban J connectivity index is 0.00000243. The molecule has 1 aromatic carbocycles. The van der Waals surface area contributed by atoms with Crippen molar-refractivity contribution in [2.45, 2.75) is 19.9 Å². The van der Waals surface area contributed by atoms with Gasteiger partial charge in [-0.15, -0.1) is 35.3 Å². The van der Waals surface area contributed by atoms with Crippen LogP contribution in [0.15, 0.2) is 40.7 Å². The molecule has 7 heteroatoms. The van der Waals surface area contributed by atoms with Crippen LogP contribution in [0.5, 0.6) is 0 Å². The average Bonchev–Trinajstić information content (AvgIpc) is 3.29. The molecule has 1 unspecified atom stereocenters. The predicted octanol–water partition coefficient (Wildman–Crippen LogP) is 3.86. The Hall–Kier alpha value is -1.19. The first-order valence-electron chi connectivity index (χ1n) is 8.82. The monoisotopic (exact) mass is 486 g/mol. The van der Waals surface area contributed by atoms with Crippen molar-refractivity contribution in [3.63, 3.8) is 0 Å². The Kier molecular flexibility index (Phi) is 8.80. The van der Waals surface area contributed by atoms with Crippen molar-refractivity contribution in [1.82, 2.24) is 15.2 Å². The highest BCUT2D eigenvalue weighted by Crippen LogP contribution is 2.23. The maximum absolute atomic E-state index is 5.29. The van der Waals surface area contributed by atoms with Crippen LogP contribution in [0.3, 0.4) is 0 Å². The van der Waals surface area contributed by atoms with Gasteiger partial charge in [-0.25, -0.2) is 9.98 Å². The van der Waals surface area contributed by atoms with Crippen LogP contribution in [0.25, 0.3) is 10.6 Å². The largest absolute Gasteiger partial charge is 0.384 e. The lowest BCUT2D eigenvalue weighted by molar-refractivity contribution is 0.157. The molecule has 0 spiro atoms. The van der Waals surface area contributed by atoms with Crippen LogP contribution in [0.4, 0.5) is 0 Å². The van der Waals surface area contributed by atoms with Crippen LogP contribution < -0.4 is 5.32 Å². The Morgan fingerprint density at radius 1 is 1.38 bits per heavy atom. The number of hydrogen-bond donors (Lipinski definition) is 1. The van der Waals surface area contributed by atoms with Crippen molar-refractivity contribution in [3.8, 4) is 10.6 Å². The second kappa shape index (κ2) is 10.8. The first-order chi connectivity index (χ1) is 12.3. The Morgan fingerprint density at radius 3 is 2.92 bits per heavy atom. The lowest BCUT2D eigenvalue weighted by Crippen LogP contribution is -2.40. The van der Waals surface area contributed by atoms with Crippen LogP contribution in [0.1, 0.15) is 19.0 Å². The van der Waals surface area contributed by atoms with Gasteiger partial charge in [-0.3, -0.25) is 0 Å². The van der Waals surface area contributed by atoms with Gasteiger partial charge in [0.25, 0.3) is 0 Å². The van der Waals surface area contributed by atoms with Crippen LogP contribution in [0, 0.1) is 5.92 Å². The topological polar surface area (TPSA) is 49.8 Å². The number of methoxy groups -OCH3 is 1. The average molecular weight is 486 g/mol. The molecule has 1 N–H and O–H groups in total. The molecule has 0 aliphatic carbocycles. The summed E-state index contributed by atoms with van der Waals surface area (Å²) in [5.41, 5.74) is 2.18. The van der Waals surface area contributed by atoms with E-state index in [1.54, 1.807) is 18.4 Å². The Labute approximate surface area is 176 Å². The van der Waals surface area contributed by atoms with Gasteiger partial charge < -0.3 is 15.0 Å². The molecule has 1 aliphatic rings. The zero-order chi connectivity index (χ0) is 17.5. The predicted molar refractivity (Wildman–Crippen MR) is 119 cm³/mol. The van der Waals surface area contributed by atoms with E-state index in [1.165, 1.54) is 0 Å². The maximum Gasteiger partial charge on any atom is 0.194 e. The number of ether oxygens (including phenoxy) is 1. The summed E-state index contributed by atoms with van der Waals surface area (Å²) in [6, 6.07) is 10.3. The summed E-state index contributed by atoms with van der Waals surface area (Å²) < 4.78 is 5.29. The molecule has 26 heavy (non-hydrogen) atoms. The highest BCUT2D eigenvalue weighted by Gasteiger charge is 2.24. The number of nitrogens with zero attached hydrogens (tertiary/aromatic N) is 3. The first-order valence-corrected chi connectivity index (χ1v) is 9.70. The molecule has 2 heterocycles. The number of aliphatic imine (C=N–C) groups is 1. The number of halogens is 1. The molecule has 2 aromatic rings. The normalized spacial score (nSPS) is 17.2. The van der Waals surface area contributed by atoms with E-state index >= 15 is 0 Å². The van der Waals surface area contributed by atoms with E-state index in [0.717, 1.165) is 54.9 Å². The summed E-state index contributed by atoms with van der Waals surface area (Å²) in [5.74, 6) is 1.58. The Bertz CT molecular complexity index is 692. The van der Waals surface area contributed by atoms with Crippen molar-refractivity contribution in [1.29, 1.82) is 0 Å². The highest BCUT2D eigenvalue weighted by molar-refractivity contribution is 14.0. The third-order valence-electron chi connectivity index (χ3n) is 4.29. The number of nitrogens with one attached hydrogen (secondary N) is 1. The molecule has 142 valence electrons. The number of benzene rings is 1. The molecular formula is C19H27IN4OS. The van der Waals surface area contributed by atoms with Crippen LogP contribution >= 0.6 is 35.3 Å². The number of thiazole rings is 1. The summed E-state index contributed by atoms with van der Waals surface area (Å²) in [6.07, 6.45) is 1.16. The van der Waals surface area contributed by atoms with E-state index in [9.17, 15) is 0 Å². The first kappa shape index (κ1) is 21.1. The van der Waals surface area contributed by atoms with Crippen molar-refractivity contribution >= 4 is 41.3 Å². The number of guanidine groups is 1. The van der Waals surface area contributed by atoms with E-state index in [0.29, 0.717) is 12.5 Å². The number of rotatable bonds is 6. The smallest absolute Gasteiger partial charge is 0.194 e. The van der Waals surface area contributed by atoms with Gasteiger partial charge in [0.2, 0.25) is 0 Å². The summed E-state index contributed by atoms with van der Waals surface area (Å²) in [4.78, 5) is 11.9. The number of aromatic nitrogens is 1. The quantitative estimate of drug-likeness (QED) is 0.383. The van der Waals surface area contributed by atoms with E-state index in [-0.39, 0.29) is 24.0 Å². The lowest BCUT2D eigenvalue weighted by atomic mass is 10.1. The molecule has 1 saturated heterocycles. The second-order valence-electron chi connectivity index (χ2n) is 6.24. The van der Waals surface area contributed by atoms with E-state index in [2.05, 4.69) is 34.7 Å². The molecule has 0 saturated carbocycles. The fraction of sp³-hybridized carbons (Fsp3) is 0.474. The van der Waals surface area contributed by atoms with E-state index in [1.807, 2.05) is 18.2 Å². The van der Waals surface area contributed by atoms with Crippen molar-refractivity contribution < 1.29 is 4.74 Å². The third kappa shape index (κ3) is 5.65. The highest BCUT2D eigenvalue weighted by atomic mass is 127. The summed E-state index contributed by atoms with van der Waals surface area (Å²) in [6.45, 7) is 6.45. The van der Waals surface area contributed by atoms with Crippen LogP contribution in [-0.4, -0.2) is 49.2 Å². The van der Waals surface area contributed by atoms with Gasteiger partial charge in [-0.1, -0.05) is 30.3 Å². The van der Waals surface area contributed by atoms with Gasteiger partial charge in [-0.2, -0.15) is 0 Å². The Morgan fingerprint density at radius 2 is 2.19 bits per heavy atom. The fourth-order valence-corrected chi connectivity index (χ4v) is 3.89. The van der Waals surface area contributed by atoms with E-state index in [4.69, 9.17) is 14.7 Å². The molecule has 1 atom stereocenters. The van der Waals surface area contributed by atoms with Gasteiger partial charge >= 0.3 is 0 Å². The molecule has 1 fully saturated rings. The third-order valence-corrected chi connectivity index (χ3v) is 5.23. The van der Waals surface area contributed by atoms with Crippen molar-refractivity contribution in [2.75, 3.05) is 33.4 Å². The molecule has 5 nitrogen and oxygen atoms in total. The van der Waals surface area contributed by atoms with Gasteiger partial charge in [0.1, 0.15) is 5.01 Å². The summed E-state index contributed by atoms with van der Waals surface area (Å²) in [7, 11) is 1.77. The summed E-state index contributed by atoms with van der Waals surface area (Å²) >= 11 is 1.68. The van der Waals surface area contributed by atoms with Crippen LogP contribution in [0.2, 0.25) is 0 Å². The molecule has 0 bridgehead atoms. The van der Waals surface area contributed by atoms with Crippen LogP contribution in [-0.2, 0) is 11.3 Å². The molecule has 1 aliphatic heterocycles. The maximum atomic E-state index is 5.29. The van der Waals surface area contributed by atoms with Gasteiger partial charge in [-0.05, 0) is 13.3 Å². The molecular weight excluding hydrogens is 459 g/mol. The minimum Gasteiger partial charge on any atom is -0.384 e. The lowest BCUT2D eigenvalue weighted by Gasteiger charge is -2.21. The number of likely N-dealkylation sites (tertiary alicyclic amines) is 1. The molecule has 0 amide bonds. The van der Waals surface area contributed by atoms with Gasteiger partial charge in [0.15, 0.2) is 5.96 Å². The van der Waals surface area contributed by atoms with Gasteiger partial charge in [0, 0.05) is 43.6 Å². The molecule has 3 rings (SSSR count). The molecule has 0 radical (unpaired) electrons. The SMILES string of the molecule is CCNC(=NCc1csc(-c2ccccc2)n1)N1CCC(COC)C1.I. The summed E-state index contributed by atoms with van der Waals surface area (Å²) in [5, 5.41) is 6.56. The molecule has 1 aromatic heterocycles. The second-order valence-corrected chi connectivity index (χ2v) is 7.09. The fourth-order valence-electron chi connectivity index (χ4n) is 3.07. The number of hydrogen-bond acceptors (Lipinski definition) is 4. The van der Waals surface area contributed by atoms with Crippen molar-refractivity contribution in [3.05, 3.63) is 41.4 Å². The standard InChI is InChI=1S/C19H26N4OS.HI/c1-3-20-19(23-10-9-15(12-23)13-24-2)21-11-17-14-25-18(22-17)16-7-5-4-6-8-16;/h4-8,14-15H,3,9-13H2,1-2H3,(H,20,21);1H. The zero-order valence-corrected chi connectivity index (χ0v) is 18.5. The van der Waals surface area contributed by atoms with Gasteiger partial charge in [0.05, 0.1) is 18.8 Å². The van der Waals surface area contributed by atoms with E-state index < -0.39 is 0 Å². The minimum atomic E-state index is 0.